The molecule has 1 aliphatic heterocycles. The molecule has 4 nitrogen and oxygen atoms in total. The van der Waals surface area contributed by atoms with Crippen molar-refractivity contribution in [2.24, 2.45) is 0 Å². The number of allylic oxidation sites excluding steroid dienone is 1. The van der Waals surface area contributed by atoms with Crippen molar-refractivity contribution < 1.29 is 0 Å². The quantitative estimate of drug-likeness (QED) is 0.686. The number of nitrogens with one attached hydrogen (secondary N) is 1. The Balaban J connectivity index is 1.75. The molecule has 4 rings (SSSR count). The second-order valence-corrected chi connectivity index (χ2v) is 7.32. The van der Waals surface area contributed by atoms with Gasteiger partial charge in [-0.15, -0.1) is 0 Å². The van der Waals surface area contributed by atoms with E-state index in [1.165, 1.54) is 22.5 Å². The molecule has 3 aromatic rings. The number of aryl methyl sites for hydroxylation is 1. The third-order valence-corrected chi connectivity index (χ3v) is 5.76. The number of hydrogen-bond donors (Lipinski definition) is 1. The van der Waals surface area contributed by atoms with Gasteiger partial charge in [-0.2, -0.15) is 0 Å². The van der Waals surface area contributed by atoms with Crippen LogP contribution in [0.4, 0.5) is 5.69 Å². The molecular formula is C22H26N4. The molecule has 0 aliphatic carbocycles. The minimum Gasteiger partial charge on any atom is -0.340 e. The van der Waals surface area contributed by atoms with Crippen molar-refractivity contribution in [3.8, 4) is 0 Å². The average molecular weight is 346 g/mol. The maximum absolute atomic E-state index is 4.79. The van der Waals surface area contributed by atoms with E-state index in [9.17, 15) is 0 Å². The number of nitrogens with zero attached hydrogens (tertiary/aromatic N) is 3. The molecule has 1 unspecified atom stereocenters. The van der Waals surface area contributed by atoms with Crippen LogP contribution in [0.2, 0.25) is 0 Å². The molecule has 26 heavy (non-hydrogen) atoms. The molecule has 2 aromatic heterocycles. The second kappa shape index (κ2) is 6.27. The molecule has 0 amide bonds. The number of benzene rings is 1. The van der Waals surface area contributed by atoms with Crippen LogP contribution in [0, 0.1) is 6.92 Å². The first-order chi connectivity index (χ1) is 12.6. The zero-order valence-corrected chi connectivity index (χ0v) is 15.8. The zero-order valence-electron chi connectivity index (χ0n) is 15.8. The van der Waals surface area contributed by atoms with Gasteiger partial charge in [-0.3, -0.25) is 4.98 Å². The van der Waals surface area contributed by atoms with E-state index in [1.54, 1.807) is 0 Å². The van der Waals surface area contributed by atoms with Crippen LogP contribution in [0.1, 0.15) is 50.1 Å². The smallest absolute Gasteiger partial charge is 0.127 e. The van der Waals surface area contributed by atoms with Crippen LogP contribution < -0.4 is 4.90 Å². The van der Waals surface area contributed by atoms with E-state index in [-0.39, 0.29) is 5.41 Å². The molecular weight excluding hydrogens is 320 g/mol. The van der Waals surface area contributed by atoms with Crippen LogP contribution in [0.25, 0.3) is 11.0 Å². The maximum atomic E-state index is 4.79. The molecule has 0 radical (unpaired) electrons. The highest BCUT2D eigenvalue weighted by atomic mass is 15.2. The van der Waals surface area contributed by atoms with Gasteiger partial charge in [0.1, 0.15) is 5.82 Å². The number of rotatable bonds is 5. The standard InChI is InChI=1S/C22H26N4/c1-5-10-22(6-2)16(4)26(20-13-23-11-9-17(20)22)14-21-24-18-8-7-15(3)12-19(18)25-21/h7-9,11-13H,4-6,10,14H2,1-3H3,(H,24,25). The van der Waals surface area contributed by atoms with Crippen molar-refractivity contribution in [2.75, 3.05) is 4.90 Å². The molecule has 3 heterocycles. The number of pyridine rings is 1. The lowest BCUT2D eigenvalue weighted by atomic mass is 9.74. The fourth-order valence-corrected chi connectivity index (χ4v) is 4.42. The second-order valence-electron chi connectivity index (χ2n) is 7.32. The summed E-state index contributed by atoms with van der Waals surface area (Å²) in [6.07, 6.45) is 7.16. The number of fused-ring (bicyclic) bond motifs is 2. The summed E-state index contributed by atoms with van der Waals surface area (Å²) < 4.78 is 0. The van der Waals surface area contributed by atoms with E-state index < -0.39 is 0 Å². The molecule has 0 saturated carbocycles. The molecule has 4 heteroatoms. The lowest BCUT2D eigenvalue weighted by Gasteiger charge is -2.31. The van der Waals surface area contributed by atoms with E-state index in [4.69, 9.17) is 4.98 Å². The van der Waals surface area contributed by atoms with Crippen molar-refractivity contribution in [3.63, 3.8) is 0 Å². The highest BCUT2D eigenvalue weighted by Gasteiger charge is 2.44. The van der Waals surface area contributed by atoms with Gasteiger partial charge < -0.3 is 9.88 Å². The molecule has 1 atom stereocenters. The van der Waals surface area contributed by atoms with Gasteiger partial charge in [0, 0.05) is 17.3 Å². The Morgan fingerprint density at radius 2 is 2.08 bits per heavy atom. The zero-order chi connectivity index (χ0) is 18.3. The molecule has 134 valence electrons. The summed E-state index contributed by atoms with van der Waals surface area (Å²) in [7, 11) is 0. The highest BCUT2D eigenvalue weighted by Crippen LogP contribution is 2.51. The summed E-state index contributed by atoms with van der Waals surface area (Å²) in [5.74, 6) is 0.963. The Hall–Kier alpha value is -2.62. The predicted octanol–water partition coefficient (Wildman–Crippen LogP) is 5.25. The summed E-state index contributed by atoms with van der Waals surface area (Å²) >= 11 is 0. The predicted molar refractivity (Wildman–Crippen MR) is 107 cm³/mol. The topological polar surface area (TPSA) is 44.8 Å². The molecule has 0 spiro atoms. The van der Waals surface area contributed by atoms with Crippen molar-refractivity contribution in [1.29, 1.82) is 0 Å². The van der Waals surface area contributed by atoms with Crippen LogP contribution in [0.5, 0.6) is 0 Å². The Kier molecular flexibility index (Phi) is 4.06. The molecule has 0 bridgehead atoms. The normalized spacial score (nSPS) is 19.3. The summed E-state index contributed by atoms with van der Waals surface area (Å²) in [4.78, 5) is 14.9. The van der Waals surface area contributed by atoms with E-state index in [0.717, 1.165) is 36.1 Å². The summed E-state index contributed by atoms with van der Waals surface area (Å²) in [5.41, 5.74) is 7.04. The van der Waals surface area contributed by atoms with Crippen molar-refractivity contribution >= 4 is 16.7 Å². The van der Waals surface area contributed by atoms with Gasteiger partial charge in [0.25, 0.3) is 0 Å². The summed E-state index contributed by atoms with van der Waals surface area (Å²) in [5, 5.41) is 0. The number of H-pyrrole nitrogens is 1. The number of aromatic amines is 1. The van der Waals surface area contributed by atoms with E-state index in [1.807, 2.05) is 12.4 Å². The Bertz CT molecular complexity index is 971. The largest absolute Gasteiger partial charge is 0.340 e. The van der Waals surface area contributed by atoms with Crippen LogP contribution >= 0.6 is 0 Å². The van der Waals surface area contributed by atoms with Crippen LogP contribution in [-0.4, -0.2) is 15.0 Å². The molecule has 0 fully saturated rings. The Morgan fingerprint density at radius 3 is 2.85 bits per heavy atom. The lowest BCUT2D eigenvalue weighted by molar-refractivity contribution is 0.449. The third-order valence-electron chi connectivity index (χ3n) is 5.76. The van der Waals surface area contributed by atoms with Gasteiger partial charge in [0.2, 0.25) is 0 Å². The van der Waals surface area contributed by atoms with Gasteiger partial charge in [0.05, 0.1) is 29.5 Å². The Labute approximate surface area is 155 Å². The highest BCUT2D eigenvalue weighted by molar-refractivity contribution is 5.76. The monoisotopic (exact) mass is 346 g/mol. The van der Waals surface area contributed by atoms with Gasteiger partial charge >= 0.3 is 0 Å². The summed E-state index contributed by atoms with van der Waals surface area (Å²) in [6, 6.07) is 8.49. The van der Waals surface area contributed by atoms with Gasteiger partial charge in [-0.05, 0) is 49.1 Å². The van der Waals surface area contributed by atoms with E-state index in [0.29, 0.717) is 6.54 Å². The molecule has 1 N–H and O–H groups in total. The maximum Gasteiger partial charge on any atom is 0.127 e. The third kappa shape index (κ3) is 2.44. The lowest BCUT2D eigenvalue weighted by Crippen LogP contribution is -2.30. The fraction of sp³-hybridized carbons (Fsp3) is 0.364. The van der Waals surface area contributed by atoms with Crippen molar-refractivity contribution in [1.82, 2.24) is 15.0 Å². The molecule has 1 aliphatic rings. The van der Waals surface area contributed by atoms with Crippen molar-refractivity contribution in [3.05, 3.63) is 65.9 Å². The van der Waals surface area contributed by atoms with Crippen LogP contribution in [0.3, 0.4) is 0 Å². The first-order valence-corrected chi connectivity index (χ1v) is 9.45. The summed E-state index contributed by atoms with van der Waals surface area (Å²) in [6.45, 7) is 11.8. The average Bonchev–Trinajstić information content (AvgIpc) is 3.14. The van der Waals surface area contributed by atoms with Crippen molar-refractivity contribution in [2.45, 2.75) is 52.0 Å². The fourth-order valence-electron chi connectivity index (χ4n) is 4.42. The first kappa shape index (κ1) is 16.8. The van der Waals surface area contributed by atoms with E-state index in [2.05, 4.69) is 66.5 Å². The SMILES string of the molecule is C=C1N(Cc2nc3ccc(C)cc3[nH]2)c2cnccc2C1(CC)CCC. The number of imidazole rings is 1. The number of anilines is 1. The minimum atomic E-state index is 0.00955. The number of hydrogen-bond acceptors (Lipinski definition) is 3. The van der Waals surface area contributed by atoms with Gasteiger partial charge in [-0.1, -0.05) is 32.9 Å². The Morgan fingerprint density at radius 1 is 1.23 bits per heavy atom. The van der Waals surface area contributed by atoms with Crippen LogP contribution in [0.15, 0.2) is 48.9 Å². The molecule has 1 aromatic carbocycles. The van der Waals surface area contributed by atoms with Gasteiger partial charge in [-0.25, -0.2) is 4.98 Å². The van der Waals surface area contributed by atoms with E-state index >= 15 is 0 Å². The van der Waals surface area contributed by atoms with Crippen LogP contribution in [-0.2, 0) is 12.0 Å². The van der Waals surface area contributed by atoms with Gasteiger partial charge in [0.15, 0.2) is 0 Å². The molecule has 0 saturated heterocycles. The first-order valence-electron chi connectivity index (χ1n) is 9.45. The number of aromatic nitrogens is 3. The minimum absolute atomic E-state index is 0.00955.